The minimum absolute atomic E-state index is 0.0407. The molecule has 0 radical (unpaired) electrons. The van der Waals surface area contributed by atoms with Gasteiger partial charge in [-0.1, -0.05) is 5.92 Å². The monoisotopic (exact) mass is 238 g/mol. The highest BCUT2D eigenvalue weighted by Gasteiger charge is 2.15. The molecule has 3 amide bonds. The van der Waals surface area contributed by atoms with Crippen LogP contribution in [0.15, 0.2) is 11.1 Å². The maximum atomic E-state index is 11.4. The molecule has 1 unspecified atom stereocenters. The molecule has 0 aromatic carbocycles. The van der Waals surface area contributed by atoms with E-state index < -0.39 is 23.9 Å². The van der Waals surface area contributed by atoms with E-state index in [0.717, 1.165) is 0 Å². The van der Waals surface area contributed by atoms with Crippen LogP contribution < -0.4 is 10.6 Å². The Labute approximate surface area is 99.1 Å². The Morgan fingerprint density at radius 3 is 2.18 bits per heavy atom. The first-order chi connectivity index (χ1) is 7.79. The van der Waals surface area contributed by atoms with E-state index in [4.69, 9.17) is 11.5 Å². The summed E-state index contributed by atoms with van der Waals surface area (Å²) in [5.74, 6) is 0.265. The minimum atomic E-state index is -1.21. The van der Waals surface area contributed by atoms with Crippen LogP contribution in [0.2, 0.25) is 0 Å². The molecule has 0 heterocycles. The highest BCUT2D eigenvalue weighted by molar-refractivity contribution is 6.07. The van der Waals surface area contributed by atoms with Crippen LogP contribution in [0.4, 0.5) is 4.79 Å². The molecule has 0 aliphatic heterocycles. The molecule has 17 heavy (non-hydrogen) atoms. The molecule has 0 saturated heterocycles. The van der Waals surface area contributed by atoms with Crippen molar-refractivity contribution >= 4 is 17.9 Å². The third kappa shape index (κ3) is 4.84. The van der Waals surface area contributed by atoms with E-state index in [9.17, 15) is 14.4 Å². The number of amides is 3. The third-order valence-corrected chi connectivity index (χ3v) is 2.05. The fraction of sp³-hybridized carbons (Fsp3) is 0.364. The normalized spacial score (nSPS) is 12.8. The van der Waals surface area contributed by atoms with E-state index in [1.165, 1.54) is 13.8 Å². The number of carboxylic acid groups (broad SMARTS) is 1. The first kappa shape index (κ1) is 14.7. The molecule has 1 atom stereocenters. The van der Waals surface area contributed by atoms with E-state index in [1.54, 1.807) is 6.92 Å². The van der Waals surface area contributed by atoms with Gasteiger partial charge >= 0.3 is 12.0 Å². The lowest BCUT2D eigenvalue weighted by atomic mass is 10.1. The lowest BCUT2D eigenvalue weighted by Gasteiger charge is -2.09. The third-order valence-electron chi connectivity index (χ3n) is 2.05. The molecule has 6 nitrogen and oxygen atoms in total. The van der Waals surface area contributed by atoms with E-state index >= 15 is 0 Å². The quantitative estimate of drug-likeness (QED) is 0.485. The predicted molar refractivity (Wildman–Crippen MR) is 61.0 cm³/mol. The number of urea groups is 1. The Balaban J connectivity index is 4.58. The summed E-state index contributed by atoms with van der Waals surface area (Å²) in [5.41, 5.74) is -0.165. The van der Waals surface area contributed by atoms with Crippen LogP contribution in [-0.2, 0) is 9.59 Å². The van der Waals surface area contributed by atoms with Gasteiger partial charge in [0.2, 0.25) is 0 Å². The van der Waals surface area contributed by atoms with Crippen molar-refractivity contribution in [3.05, 3.63) is 11.1 Å². The maximum Gasteiger partial charge on any atom is 0.331 e. The molecular weight excluding hydrogens is 224 g/mol. The van der Waals surface area contributed by atoms with Gasteiger partial charge in [0.25, 0.3) is 5.91 Å². The first-order valence-corrected chi connectivity index (χ1v) is 4.78. The molecule has 6 heteroatoms. The number of nitrogens with one attached hydrogen (secondary N) is 2. The van der Waals surface area contributed by atoms with Crippen LogP contribution in [-0.4, -0.2) is 29.1 Å². The second kappa shape index (κ2) is 6.33. The van der Waals surface area contributed by atoms with Gasteiger partial charge in [-0.15, -0.1) is 6.42 Å². The van der Waals surface area contributed by atoms with Crippen LogP contribution in [0.5, 0.6) is 0 Å². The summed E-state index contributed by atoms with van der Waals surface area (Å²) < 4.78 is 0. The number of hydrogen-bond donors (Lipinski definition) is 3. The van der Waals surface area contributed by atoms with Crippen molar-refractivity contribution < 1.29 is 19.5 Å². The Hall–Kier alpha value is -2.29. The minimum Gasteiger partial charge on any atom is -0.478 e. The zero-order chi connectivity index (χ0) is 13.6. The molecule has 0 aromatic heterocycles. The van der Waals surface area contributed by atoms with Gasteiger partial charge in [-0.2, -0.15) is 0 Å². The van der Waals surface area contributed by atoms with Gasteiger partial charge in [0, 0.05) is 11.1 Å². The molecule has 0 saturated carbocycles. The van der Waals surface area contributed by atoms with Crippen LogP contribution >= 0.6 is 0 Å². The molecule has 0 spiro atoms. The SMILES string of the molecule is C#CC(C)NC(=O)NC(=O)C(C)=C(C)C(=O)O. The van der Waals surface area contributed by atoms with Crippen molar-refractivity contribution in [2.24, 2.45) is 0 Å². The number of carbonyl (C=O) groups excluding carboxylic acids is 2. The van der Waals surface area contributed by atoms with Gasteiger partial charge in [0.1, 0.15) is 0 Å². The molecule has 0 fully saturated rings. The van der Waals surface area contributed by atoms with Crippen LogP contribution in [0.1, 0.15) is 20.8 Å². The number of carboxylic acids is 1. The van der Waals surface area contributed by atoms with Crippen molar-refractivity contribution in [3.63, 3.8) is 0 Å². The molecule has 3 N–H and O–H groups in total. The van der Waals surface area contributed by atoms with Gasteiger partial charge in [-0.05, 0) is 20.8 Å². The topological polar surface area (TPSA) is 95.5 Å². The molecule has 0 aromatic rings. The number of imide groups is 1. The molecule has 92 valence electrons. The molecule has 0 rings (SSSR count). The first-order valence-electron chi connectivity index (χ1n) is 4.78. The Morgan fingerprint density at radius 1 is 1.24 bits per heavy atom. The fourth-order valence-corrected chi connectivity index (χ4v) is 0.802. The number of hydrogen-bond acceptors (Lipinski definition) is 3. The summed E-state index contributed by atoms with van der Waals surface area (Å²) in [5, 5.41) is 12.9. The maximum absolute atomic E-state index is 11.4. The van der Waals surface area contributed by atoms with Gasteiger partial charge in [-0.3, -0.25) is 10.1 Å². The molecule has 0 aliphatic carbocycles. The molecule has 0 bridgehead atoms. The number of aliphatic carboxylic acids is 1. The summed E-state index contributed by atoms with van der Waals surface area (Å²) in [6.45, 7) is 4.16. The van der Waals surface area contributed by atoms with E-state index in [-0.39, 0.29) is 11.1 Å². The summed E-state index contributed by atoms with van der Waals surface area (Å²) in [4.78, 5) is 33.2. The standard InChI is InChI=1S/C11H14N2O4/c1-5-6(2)12-11(17)13-9(14)7(3)8(4)10(15)16/h1,6H,2-4H3,(H,15,16)(H2,12,13,14,17). The Kier molecular flexibility index (Phi) is 5.47. The molecule has 0 aliphatic rings. The van der Waals surface area contributed by atoms with E-state index in [1.807, 2.05) is 5.32 Å². The van der Waals surface area contributed by atoms with Crippen molar-refractivity contribution in [1.29, 1.82) is 0 Å². The summed E-state index contributed by atoms with van der Waals surface area (Å²) >= 11 is 0. The zero-order valence-corrected chi connectivity index (χ0v) is 9.83. The van der Waals surface area contributed by atoms with Gasteiger partial charge in [0.05, 0.1) is 6.04 Å². The van der Waals surface area contributed by atoms with Crippen molar-refractivity contribution in [2.45, 2.75) is 26.8 Å². The number of carbonyl (C=O) groups is 3. The summed E-state index contributed by atoms with van der Waals surface area (Å²) in [6, 6.07) is -1.29. The molecular formula is C11H14N2O4. The predicted octanol–water partition coefficient (Wildman–Crippen LogP) is 0.255. The summed E-state index contributed by atoms with van der Waals surface area (Å²) in [7, 11) is 0. The fourth-order valence-electron chi connectivity index (χ4n) is 0.802. The highest BCUT2D eigenvalue weighted by Crippen LogP contribution is 2.03. The highest BCUT2D eigenvalue weighted by atomic mass is 16.4. The van der Waals surface area contributed by atoms with Crippen molar-refractivity contribution in [1.82, 2.24) is 10.6 Å². The van der Waals surface area contributed by atoms with Gasteiger partial charge < -0.3 is 10.4 Å². The average molecular weight is 238 g/mol. The number of rotatable bonds is 3. The van der Waals surface area contributed by atoms with Gasteiger partial charge in [-0.25, -0.2) is 9.59 Å². The lowest BCUT2D eigenvalue weighted by molar-refractivity contribution is -0.133. The van der Waals surface area contributed by atoms with E-state index in [0.29, 0.717) is 0 Å². The van der Waals surface area contributed by atoms with Crippen LogP contribution in [0.25, 0.3) is 0 Å². The van der Waals surface area contributed by atoms with Crippen LogP contribution in [0.3, 0.4) is 0 Å². The van der Waals surface area contributed by atoms with Crippen molar-refractivity contribution in [3.8, 4) is 12.3 Å². The second-order valence-electron chi connectivity index (χ2n) is 3.37. The largest absolute Gasteiger partial charge is 0.478 e. The number of terminal acetylenes is 1. The summed E-state index contributed by atoms with van der Waals surface area (Å²) in [6.07, 6.45) is 5.03. The van der Waals surface area contributed by atoms with Crippen LogP contribution in [0, 0.1) is 12.3 Å². The second-order valence-corrected chi connectivity index (χ2v) is 3.37. The van der Waals surface area contributed by atoms with E-state index in [2.05, 4.69) is 11.2 Å². The lowest BCUT2D eigenvalue weighted by Crippen LogP contribution is -2.43. The zero-order valence-electron chi connectivity index (χ0n) is 9.83. The Morgan fingerprint density at radius 2 is 1.76 bits per heavy atom. The van der Waals surface area contributed by atoms with Crippen molar-refractivity contribution in [2.75, 3.05) is 0 Å². The van der Waals surface area contributed by atoms with Gasteiger partial charge in [0.15, 0.2) is 0 Å². The average Bonchev–Trinajstić information content (AvgIpc) is 2.26. The Bertz CT molecular complexity index is 418. The smallest absolute Gasteiger partial charge is 0.331 e.